The van der Waals surface area contributed by atoms with Gasteiger partial charge in [-0.05, 0) is 42.5 Å². The number of benzene rings is 3. The first-order valence-corrected chi connectivity index (χ1v) is 8.54. The quantitative estimate of drug-likeness (QED) is 0.517. The Morgan fingerprint density at radius 2 is 1.62 bits per heavy atom. The Morgan fingerprint density at radius 1 is 0.875 bits per heavy atom. The second-order valence-electron chi connectivity index (χ2n) is 5.51. The van der Waals surface area contributed by atoms with E-state index in [9.17, 15) is 4.39 Å². The Balaban J connectivity index is 1.51. The van der Waals surface area contributed by atoms with E-state index in [1.165, 1.54) is 10.8 Å². The molecule has 1 aromatic heterocycles. The molecule has 0 saturated carbocycles. The smallest absolute Gasteiger partial charge is 0.128 e. The Labute approximate surface area is 143 Å². The van der Waals surface area contributed by atoms with E-state index in [-0.39, 0.29) is 5.82 Å². The lowest BCUT2D eigenvalue weighted by atomic mass is 10.2. The summed E-state index contributed by atoms with van der Waals surface area (Å²) in [6.45, 7) is 0.465. The van der Waals surface area contributed by atoms with E-state index in [1.54, 1.807) is 23.5 Å². The van der Waals surface area contributed by atoms with Gasteiger partial charge in [0.15, 0.2) is 0 Å². The van der Waals surface area contributed by atoms with Crippen molar-refractivity contribution in [1.82, 2.24) is 4.98 Å². The molecule has 4 aromatic rings. The average Bonchev–Trinajstić information content (AvgIpc) is 3.06. The van der Waals surface area contributed by atoms with Crippen molar-refractivity contribution in [2.75, 3.05) is 5.32 Å². The summed E-state index contributed by atoms with van der Waals surface area (Å²) in [4.78, 5) is 4.67. The fraction of sp³-hybridized carbons (Fsp3) is 0.0500. The summed E-state index contributed by atoms with van der Waals surface area (Å²) in [5, 5.41) is 4.26. The molecular formula is C20H15FN2S. The number of para-hydroxylation sites is 1. The van der Waals surface area contributed by atoms with Gasteiger partial charge in [0.25, 0.3) is 0 Å². The molecule has 0 radical (unpaired) electrons. The third-order valence-electron chi connectivity index (χ3n) is 3.87. The molecule has 1 heterocycles. The molecule has 4 heteroatoms. The zero-order chi connectivity index (χ0) is 16.4. The van der Waals surface area contributed by atoms with Gasteiger partial charge in [-0.3, -0.25) is 0 Å². The number of thiazole rings is 1. The summed E-state index contributed by atoms with van der Waals surface area (Å²) in [7, 11) is 0. The highest BCUT2D eigenvalue weighted by molar-refractivity contribution is 7.21. The van der Waals surface area contributed by atoms with Crippen LogP contribution in [0.4, 0.5) is 10.1 Å². The molecule has 0 aliphatic heterocycles. The molecule has 0 saturated heterocycles. The van der Waals surface area contributed by atoms with Crippen molar-refractivity contribution < 1.29 is 4.39 Å². The maximum atomic E-state index is 13.6. The van der Waals surface area contributed by atoms with Gasteiger partial charge in [-0.1, -0.05) is 30.3 Å². The van der Waals surface area contributed by atoms with Crippen molar-refractivity contribution in [1.29, 1.82) is 0 Å². The molecule has 0 spiro atoms. The minimum absolute atomic E-state index is 0.184. The zero-order valence-corrected chi connectivity index (χ0v) is 13.7. The van der Waals surface area contributed by atoms with Crippen LogP contribution in [-0.4, -0.2) is 4.98 Å². The number of hydrogen-bond donors (Lipinski definition) is 1. The normalized spacial score (nSPS) is 10.9. The molecule has 0 bridgehead atoms. The van der Waals surface area contributed by atoms with E-state index < -0.39 is 0 Å². The predicted molar refractivity (Wildman–Crippen MR) is 98.8 cm³/mol. The van der Waals surface area contributed by atoms with Crippen LogP contribution < -0.4 is 5.32 Å². The molecular weight excluding hydrogens is 319 g/mol. The van der Waals surface area contributed by atoms with Gasteiger partial charge >= 0.3 is 0 Å². The lowest BCUT2D eigenvalue weighted by molar-refractivity contribution is 0.613. The highest BCUT2D eigenvalue weighted by atomic mass is 32.1. The van der Waals surface area contributed by atoms with Gasteiger partial charge in [-0.2, -0.15) is 0 Å². The van der Waals surface area contributed by atoms with Gasteiger partial charge in [0.05, 0.1) is 10.2 Å². The lowest BCUT2D eigenvalue weighted by Gasteiger charge is -2.07. The van der Waals surface area contributed by atoms with Crippen LogP contribution in [0.1, 0.15) is 5.56 Å². The Morgan fingerprint density at radius 3 is 2.42 bits per heavy atom. The van der Waals surface area contributed by atoms with Crippen molar-refractivity contribution in [2.24, 2.45) is 0 Å². The monoisotopic (exact) mass is 334 g/mol. The minimum atomic E-state index is -0.184. The second-order valence-corrected chi connectivity index (χ2v) is 6.54. The molecule has 24 heavy (non-hydrogen) atoms. The molecule has 4 rings (SSSR count). The average molecular weight is 334 g/mol. The fourth-order valence-electron chi connectivity index (χ4n) is 2.57. The van der Waals surface area contributed by atoms with Crippen LogP contribution >= 0.6 is 11.3 Å². The predicted octanol–water partition coefficient (Wildman–Crippen LogP) is 5.71. The molecule has 0 aliphatic carbocycles. The lowest BCUT2D eigenvalue weighted by Crippen LogP contribution is -2.01. The summed E-state index contributed by atoms with van der Waals surface area (Å²) in [6.07, 6.45) is 0. The summed E-state index contributed by atoms with van der Waals surface area (Å²) >= 11 is 1.69. The van der Waals surface area contributed by atoms with Crippen molar-refractivity contribution in [3.8, 4) is 10.6 Å². The number of fused-ring (bicyclic) bond motifs is 1. The van der Waals surface area contributed by atoms with Crippen molar-refractivity contribution in [3.05, 3.63) is 84.2 Å². The number of aromatic nitrogens is 1. The highest BCUT2D eigenvalue weighted by Crippen LogP contribution is 2.30. The van der Waals surface area contributed by atoms with E-state index >= 15 is 0 Å². The number of anilines is 1. The van der Waals surface area contributed by atoms with Crippen LogP contribution in [0.5, 0.6) is 0 Å². The van der Waals surface area contributed by atoms with Crippen LogP contribution in [0.3, 0.4) is 0 Å². The summed E-state index contributed by atoms with van der Waals surface area (Å²) in [6, 6.07) is 23.0. The zero-order valence-electron chi connectivity index (χ0n) is 12.9. The van der Waals surface area contributed by atoms with Crippen molar-refractivity contribution in [3.63, 3.8) is 0 Å². The summed E-state index contributed by atoms with van der Waals surface area (Å²) < 4.78 is 14.8. The molecule has 0 amide bonds. The van der Waals surface area contributed by atoms with Crippen molar-refractivity contribution >= 4 is 27.2 Å². The number of halogens is 1. The number of hydrogen-bond acceptors (Lipinski definition) is 3. The molecule has 0 atom stereocenters. The largest absolute Gasteiger partial charge is 0.381 e. The van der Waals surface area contributed by atoms with Gasteiger partial charge < -0.3 is 5.32 Å². The maximum absolute atomic E-state index is 13.6. The minimum Gasteiger partial charge on any atom is -0.381 e. The molecule has 1 N–H and O–H groups in total. The van der Waals surface area contributed by atoms with Gasteiger partial charge in [-0.25, -0.2) is 9.37 Å². The number of nitrogens with one attached hydrogen (secondary N) is 1. The van der Waals surface area contributed by atoms with Gasteiger partial charge in [0.2, 0.25) is 0 Å². The van der Waals surface area contributed by atoms with Crippen LogP contribution in [0, 0.1) is 5.82 Å². The standard InChI is InChI=1S/C20H15FN2S/c21-17-6-2-1-5-15(17)13-22-16-11-9-14(10-12-16)20-23-18-7-3-4-8-19(18)24-20/h1-12,22H,13H2. The van der Waals surface area contributed by atoms with Gasteiger partial charge in [-0.15, -0.1) is 11.3 Å². The van der Waals surface area contributed by atoms with Crippen LogP contribution in [0.2, 0.25) is 0 Å². The summed E-state index contributed by atoms with van der Waals surface area (Å²) in [5.74, 6) is -0.184. The Hall–Kier alpha value is -2.72. The first kappa shape index (κ1) is 14.8. The second kappa shape index (κ2) is 6.42. The molecule has 0 aliphatic rings. The maximum Gasteiger partial charge on any atom is 0.128 e. The summed E-state index contributed by atoms with van der Waals surface area (Å²) in [5.41, 5.74) is 3.74. The van der Waals surface area contributed by atoms with E-state index in [2.05, 4.69) is 16.4 Å². The number of rotatable bonds is 4. The van der Waals surface area contributed by atoms with E-state index in [4.69, 9.17) is 0 Å². The van der Waals surface area contributed by atoms with Crippen LogP contribution in [0.15, 0.2) is 72.8 Å². The molecule has 118 valence electrons. The molecule has 2 nitrogen and oxygen atoms in total. The van der Waals surface area contributed by atoms with Crippen LogP contribution in [0.25, 0.3) is 20.8 Å². The fourth-order valence-corrected chi connectivity index (χ4v) is 3.54. The SMILES string of the molecule is Fc1ccccc1CNc1ccc(-c2nc3ccccc3s2)cc1. The van der Waals surface area contributed by atoms with Crippen LogP contribution in [-0.2, 0) is 6.54 Å². The molecule has 0 fully saturated rings. The topological polar surface area (TPSA) is 24.9 Å². The van der Waals surface area contributed by atoms with E-state index in [1.807, 2.05) is 48.5 Å². The highest BCUT2D eigenvalue weighted by Gasteiger charge is 2.06. The molecule has 0 unspecified atom stereocenters. The third-order valence-corrected chi connectivity index (χ3v) is 4.95. The van der Waals surface area contributed by atoms with Gasteiger partial charge in [0.1, 0.15) is 10.8 Å². The first-order chi connectivity index (χ1) is 11.8. The Bertz CT molecular complexity index is 943. The van der Waals surface area contributed by atoms with Crippen molar-refractivity contribution in [2.45, 2.75) is 6.54 Å². The number of nitrogens with zero attached hydrogens (tertiary/aromatic N) is 1. The third kappa shape index (κ3) is 3.01. The Kier molecular flexibility index (Phi) is 3.97. The molecule has 3 aromatic carbocycles. The van der Waals surface area contributed by atoms with Gasteiger partial charge in [0, 0.05) is 23.4 Å². The van der Waals surface area contributed by atoms with E-state index in [0.29, 0.717) is 12.1 Å². The first-order valence-electron chi connectivity index (χ1n) is 7.73. The van der Waals surface area contributed by atoms with E-state index in [0.717, 1.165) is 21.8 Å².